The molecule has 2 nitrogen and oxygen atoms in total. The lowest BCUT2D eigenvalue weighted by molar-refractivity contribution is 0.603. The lowest BCUT2D eigenvalue weighted by atomic mass is 10.0. The molecule has 0 atom stereocenters. The number of aryl methyl sites for hydroxylation is 2. The summed E-state index contributed by atoms with van der Waals surface area (Å²) < 4.78 is 7.22. The predicted molar refractivity (Wildman–Crippen MR) is 190 cm³/mol. The van der Waals surface area contributed by atoms with E-state index in [0.717, 1.165) is 28.5 Å². The molecule has 0 saturated carbocycles. The van der Waals surface area contributed by atoms with E-state index in [1.54, 1.807) is 0 Å². The number of hydrogen-bond donors (Lipinski definition) is 0. The molecule has 2 aromatic heterocycles. The van der Waals surface area contributed by atoms with Crippen molar-refractivity contribution in [1.82, 2.24) is 9.13 Å². The van der Waals surface area contributed by atoms with Crippen LogP contribution in [0, 0.1) is 0 Å². The van der Waals surface area contributed by atoms with Gasteiger partial charge in [-0.2, -0.15) is 0 Å². The van der Waals surface area contributed by atoms with Crippen LogP contribution < -0.4 is 0 Å². The molecular formula is C39H28Br2N2. The van der Waals surface area contributed by atoms with Crippen LogP contribution in [0.25, 0.3) is 65.9 Å². The molecule has 208 valence electrons. The van der Waals surface area contributed by atoms with Gasteiger partial charge in [0.25, 0.3) is 0 Å². The Hall–Kier alpha value is -4.12. The van der Waals surface area contributed by atoms with Gasteiger partial charge >= 0.3 is 0 Å². The number of hydrogen-bond acceptors (Lipinski definition) is 0. The third kappa shape index (κ3) is 4.70. The second-order valence-corrected chi connectivity index (χ2v) is 13.0. The Morgan fingerprint density at radius 1 is 0.372 bits per heavy atom. The van der Waals surface area contributed by atoms with Crippen molar-refractivity contribution in [3.8, 4) is 22.3 Å². The predicted octanol–water partition coefficient (Wildman–Crippen LogP) is 11.9. The minimum absolute atomic E-state index is 0.951. The van der Waals surface area contributed by atoms with Crippen molar-refractivity contribution in [3.05, 3.63) is 142 Å². The third-order valence-electron chi connectivity index (χ3n) is 8.66. The molecule has 0 N–H and O–H groups in total. The largest absolute Gasteiger partial charge is 0.340 e. The SMILES string of the molecule is Brc1ccc(-c2ccc3c(c2)c2ccccc2n3CCCn2c3ccccc3c3cc(-c4ccc(Br)cc4)ccc32)cc1. The molecular weight excluding hydrogens is 656 g/mol. The van der Waals surface area contributed by atoms with E-state index in [0.29, 0.717) is 0 Å². The summed E-state index contributed by atoms with van der Waals surface area (Å²) in [5.74, 6) is 0. The summed E-state index contributed by atoms with van der Waals surface area (Å²) in [7, 11) is 0. The number of fused-ring (bicyclic) bond motifs is 6. The van der Waals surface area contributed by atoms with Gasteiger partial charge in [-0.05, 0) is 89.3 Å². The van der Waals surface area contributed by atoms with E-state index in [1.165, 1.54) is 65.9 Å². The van der Waals surface area contributed by atoms with Gasteiger partial charge in [-0.15, -0.1) is 0 Å². The van der Waals surface area contributed by atoms with Gasteiger partial charge in [0.15, 0.2) is 0 Å². The van der Waals surface area contributed by atoms with Gasteiger partial charge in [0.1, 0.15) is 0 Å². The molecule has 0 amide bonds. The molecule has 0 aliphatic carbocycles. The minimum Gasteiger partial charge on any atom is -0.340 e. The van der Waals surface area contributed by atoms with Gasteiger partial charge in [0.05, 0.1) is 0 Å². The van der Waals surface area contributed by atoms with Crippen molar-refractivity contribution in [3.63, 3.8) is 0 Å². The third-order valence-corrected chi connectivity index (χ3v) is 9.72. The summed E-state index contributed by atoms with van der Waals surface area (Å²) in [5, 5.41) is 5.25. The maximum Gasteiger partial charge on any atom is 0.0491 e. The Morgan fingerprint density at radius 3 is 1.19 bits per heavy atom. The molecule has 4 heteroatoms. The van der Waals surface area contributed by atoms with Crippen LogP contribution in [0.2, 0.25) is 0 Å². The van der Waals surface area contributed by atoms with E-state index >= 15 is 0 Å². The maximum atomic E-state index is 3.57. The fraction of sp³-hybridized carbons (Fsp3) is 0.0769. The number of halogens is 2. The fourth-order valence-electron chi connectivity index (χ4n) is 6.62. The highest BCUT2D eigenvalue weighted by Gasteiger charge is 2.14. The van der Waals surface area contributed by atoms with Crippen LogP contribution in [0.3, 0.4) is 0 Å². The highest BCUT2D eigenvalue weighted by atomic mass is 79.9. The monoisotopic (exact) mass is 682 g/mol. The zero-order valence-electron chi connectivity index (χ0n) is 23.5. The van der Waals surface area contributed by atoms with Crippen molar-refractivity contribution >= 4 is 75.5 Å². The van der Waals surface area contributed by atoms with Gasteiger partial charge in [0.2, 0.25) is 0 Å². The van der Waals surface area contributed by atoms with Crippen molar-refractivity contribution < 1.29 is 0 Å². The molecule has 0 aliphatic rings. The molecule has 0 bridgehead atoms. The Kier molecular flexibility index (Phi) is 6.69. The summed E-state index contributed by atoms with van der Waals surface area (Å²) in [6.07, 6.45) is 1.03. The van der Waals surface area contributed by atoms with Crippen LogP contribution in [0.15, 0.2) is 142 Å². The first kappa shape index (κ1) is 26.5. The van der Waals surface area contributed by atoms with E-state index in [1.807, 2.05) is 0 Å². The number of benzene rings is 6. The molecule has 6 aromatic carbocycles. The van der Waals surface area contributed by atoms with Crippen molar-refractivity contribution in [2.45, 2.75) is 19.5 Å². The Morgan fingerprint density at radius 2 is 0.744 bits per heavy atom. The van der Waals surface area contributed by atoms with E-state index in [2.05, 4.69) is 174 Å². The van der Waals surface area contributed by atoms with Crippen LogP contribution in [0.1, 0.15) is 6.42 Å². The molecule has 8 rings (SSSR count). The highest BCUT2D eigenvalue weighted by Crippen LogP contribution is 2.35. The molecule has 2 heterocycles. The molecule has 0 fully saturated rings. The molecule has 43 heavy (non-hydrogen) atoms. The number of para-hydroxylation sites is 2. The van der Waals surface area contributed by atoms with E-state index < -0.39 is 0 Å². The normalized spacial score (nSPS) is 11.8. The molecule has 0 spiro atoms. The quantitative estimate of drug-likeness (QED) is 0.165. The maximum absolute atomic E-state index is 3.57. The standard InChI is InChI=1S/C39H28Br2N2/c40-30-16-10-26(11-17-30)28-14-20-38-34(24-28)32-6-1-3-8-36(32)42(38)22-5-23-43-37-9-4-2-7-33(37)35-25-29(15-21-39(35)43)27-12-18-31(41)19-13-27/h1-4,6-21,24-25H,5,22-23H2. The van der Waals surface area contributed by atoms with Crippen LogP contribution in [0.4, 0.5) is 0 Å². The van der Waals surface area contributed by atoms with Gasteiger partial charge in [-0.25, -0.2) is 0 Å². The zero-order valence-corrected chi connectivity index (χ0v) is 26.6. The van der Waals surface area contributed by atoms with E-state index in [9.17, 15) is 0 Å². The average Bonchev–Trinajstić information content (AvgIpc) is 3.54. The summed E-state index contributed by atoms with van der Waals surface area (Å²) >= 11 is 7.13. The summed E-state index contributed by atoms with van der Waals surface area (Å²) in [5.41, 5.74) is 10.1. The molecule has 0 aliphatic heterocycles. The van der Waals surface area contributed by atoms with Crippen molar-refractivity contribution in [1.29, 1.82) is 0 Å². The first-order valence-electron chi connectivity index (χ1n) is 14.7. The molecule has 0 saturated heterocycles. The number of aromatic nitrogens is 2. The van der Waals surface area contributed by atoms with Crippen molar-refractivity contribution in [2.75, 3.05) is 0 Å². The van der Waals surface area contributed by atoms with E-state index in [-0.39, 0.29) is 0 Å². The second kappa shape index (κ2) is 10.9. The zero-order chi connectivity index (χ0) is 28.9. The second-order valence-electron chi connectivity index (χ2n) is 11.2. The Balaban J connectivity index is 1.15. The molecule has 0 unspecified atom stereocenters. The minimum atomic E-state index is 0.951. The lowest BCUT2D eigenvalue weighted by Crippen LogP contribution is -2.04. The van der Waals surface area contributed by atoms with Gasteiger partial charge in [-0.1, -0.05) is 105 Å². The number of rotatable bonds is 6. The van der Waals surface area contributed by atoms with E-state index in [4.69, 9.17) is 0 Å². The lowest BCUT2D eigenvalue weighted by Gasteiger charge is -2.11. The highest BCUT2D eigenvalue weighted by molar-refractivity contribution is 9.10. The van der Waals surface area contributed by atoms with Gasteiger partial charge < -0.3 is 9.13 Å². The van der Waals surface area contributed by atoms with Gasteiger partial charge in [0, 0.05) is 65.6 Å². The molecule has 0 radical (unpaired) electrons. The van der Waals surface area contributed by atoms with Crippen LogP contribution in [0.5, 0.6) is 0 Å². The smallest absolute Gasteiger partial charge is 0.0491 e. The summed E-state index contributed by atoms with van der Waals surface area (Å²) in [4.78, 5) is 0. The number of nitrogens with zero attached hydrogens (tertiary/aromatic N) is 2. The first-order valence-corrected chi connectivity index (χ1v) is 16.3. The Bertz CT molecular complexity index is 2110. The first-order chi connectivity index (χ1) is 21.1. The molecule has 8 aromatic rings. The summed E-state index contributed by atoms with van der Waals surface area (Å²) in [6, 6.07) is 48.7. The average molecular weight is 684 g/mol. The summed E-state index contributed by atoms with van der Waals surface area (Å²) in [6.45, 7) is 1.90. The van der Waals surface area contributed by atoms with Crippen LogP contribution in [-0.2, 0) is 13.1 Å². The van der Waals surface area contributed by atoms with Crippen LogP contribution >= 0.6 is 31.9 Å². The Labute approximate surface area is 267 Å². The van der Waals surface area contributed by atoms with Gasteiger partial charge in [-0.3, -0.25) is 0 Å². The topological polar surface area (TPSA) is 9.86 Å². The fourth-order valence-corrected chi connectivity index (χ4v) is 7.15. The van der Waals surface area contributed by atoms with Crippen LogP contribution in [-0.4, -0.2) is 9.13 Å². The van der Waals surface area contributed by atoms with Crippen molar-refractivity contribution in [2.24, 2.45) is 0 Å².